The van der Waals surface area contributed by atoms with Crippen molar-refractivity contribution in [1.82, 2.24) is 15.2 Å². The molecule has 3 rings (SSSR count). The van der Waals surface area contributed by atoms with E-state index in [1.165, 1.54) is 0 Å². The Kier molecular flexibility index (Phi) is 3.37. The molecular weight excluding hydrogens is 256 g/mol. The van der Waals surface area contributed by atoms with Crippen molar-refractivity contribution in [2.75, 3.05) is 11.9 Å². The van der Waals surface area contributed by atoms with E-state index in [0.717, 1.165) is 39.6 Å². The summed E-state index contributed by atoms with van der Waals surface area (Å²) in [6, 6.07) is 10.1. The van der Waals surface area contributed by atoms with Crippen LogP contribution in [0.5, 0.6) is 0 Å². The maximum Gasteiger partial charge on any atom is 0.206 e. The second-order valence-corrected chi connectivity index (χ2v) is 5.19. The number of nitrogens with one attached hydrogen (secondary N) is 1. The van der Waals surface area contributed by atoms with Crippen LogP contribution >= 0.6 is 11.3 Å². The van der Waals surface area contributed by atoms with Crippen LogP contribution in [-0.2, 0) is 0 Å². The van der Waals surface area contributed by atoms with Crippen molar-refractivity contribution in [3.8, 4) is 10.6 Å². The topological polar surface area (TPSA) is 50.7 Å². The van der Waals surface area contributed by atoms with Gasteiger partial charge in [-0.2, -0.15) is 0 Å². The third-order valence-electron chi connectivity index (χ3n) is 2.83. The van der Waals surface area contributed by atoms with Crippen molar-refractivity contribution in [2.45, 2.75) is 13.3 Å². The van der Waals surface area contributed by atoms with Gasteiger partial charge in [-0.25, -0.2) is 0 Å². The lowest BCUT2D eigenvalue weighted by molar-refractivity contribution is 0.964. The molecule has 0 fully saturated rings. The van der Waals surface area contributed by atoms with Crippen LogP contribution in [0.2, 0.25) is 0 Å². The third kappa shape index (κ3) is 2.42. The van der Waals surface area contributed by atoms with Gasteiger partial charge in [0.25, 0.3) is 0 Å². The maximum absolute atomic E-state index is 4.36. The number of hydrogen-bond acceptors (Lipinski definition) is 5. The van der Waals surface area contributed by atoms with Crippen LogP contribution in [0.15, 0.2) is 36.5 Å². The first-order valence-corrected chi connectivity index (χ1v) is 7.11. The van der Waals surface area contributed by atoms with Gasteiger partial charge in [0.1, 0.15) is 5.01 Å². The van der Waals surface area contributed by atoms with Crippen LogP contribution in [0.25, 0.3) is 21.5 Å². The zero-order valence-electron chi connectivity index (χ0n) is 10.6. The van der Waals surface area contributed by atoms with Crippen molar-refractivity contribution < 1.29 is 0 Å². The zero-order chi connectivity index (χ0) is 13.1. The first-order valence-electron chi connectivity index (χ1n) is 6.30. The van der Waals surface area contributed by atoms with Crippen LogP contribution in [0.1, 0.15) is 13.3 Å². The summed E-state index contributed by atoms with van der Waals surface area (Å²) < 4.78 is 0. The summed E-state index contributed by atoms with van der Waals surface area (Å²) in [4.78, 5) is 4.36. The van der Waals surface area contributed by atoms with E-state index in [1.54, 1.807) is 17.5 Å². The molecule has 1 N–H and O–H groups in total. The summed E-state index contributed by atoms with van der Waals surface area (Å²) in [6.07, 6.45) is 2.88. The van der Waals surface area contributed by atoms with Crippen LogP contribution in [0.4, 0.5) is 5.13 Å². The van der Waals surface area contributed by atoms with Crippen molar-refractivity contribution in [3.63, 3.8) is 0 Å². The molecule has 4 nitrogen and oxygen atoms in total. The fraction of sp³-hybridized carbons (Fsp3) is 0.214. The molecule has 19 heavy (non-hydrogen) atoms. The monoisotopic (exact) mass is 270 g/mol. The Morgan fingerprint density at radius 3 is 3.00 bits per heavy atom. The maximum atomic E-state index is 4.36. The molecule has 0 aliphatic rings. The minimum atomic E-state index is 0.873. The normalized spacial score (nSPS) is 10.8. The highest BCUT2D eigenvalue weighted by Gasteiger charge is 2.09. The van der Waals surface area contributed by atoms with Gasteiger partial charge in [-0.05, 0) is 18.6 Å². The molecule has 2 heterocycles. The van der Waals surface area contributed by atoms with Crippen molar-refractivity contribution in [1.29, 1.82) is 0 Å². The van der Waals surface area contributed by atoms with Gasteiger partial charge in [-0.3, -0.25) is 4.98 Å². The van der Waals surface area contributed by atoms with Gasteiger partial charge in [-0.1, -0.05) is 36.5 Å². The van der Waals surface area contributed by atoms with Gasteiger partial charge < -0.3 is 5.32 Å². The molecule has 0 atom stereocenters. The number of aromatic nitrogens is 3. The van der Waals surface area contributed by atoms with Gasteiger partial charge >= 0.3 is 0 Å². The molecule has 0 aliphatic carbocycles. The lowest BCUT2D eigenvalue weighted by Gasteiger charge is -2.01. The van der Waals surface area contributed by atoms with Crippen LogP contribution in [0.3, 0.4) is 0 Å². The summed E-state index contributed by atoms with van der Waals surface area (Å²) in [5.74, 6) is 0. The molecular formula is C14H14N4S. The van der Waals surface area contributed by atoms with E-state index in [1.807, 2.05) is 18.2 Å². The molecule has 0 bridgehead atoms. The van der Waals surface area contributed by atoms with E-state index in [0.29, 0.717) is 0 Å². The molecule has 0 aliphatic heterocycles. The number of nitrogens with zero attached hydrogens (tertiary/aromatic N) is 3. The summed E-state index contributed by atoms with van der Waals surface area (Å²) in [7, 11) is 0. The third-order valence-corrected chi connectivity index (χ3v) is 3.74. The summed E-state index contributed by atoms with van der Waals surface area (Å²) in [6.45, 7) is 3.05. The van der Waals surface area contributed by atoms with Crippen molar-refractivity contribution in [3.05, 3.63) is 36.5 Å². The second-order valence-electron chi connectivity index (χ2n) is 4.21. The summed E-state index contributed by atoms with van der Waals surface area (Å²) >= 11 is 1.58. The number of benzene rings is 1. The van der Waals surface area contributed by atoms with Gasteiger partial charge in [-0.15, -0.1) is 10.2 Å². The van der Waals surface area contributed by atoms with Gasteiger partial charge in [0.15, 0.2) is 0 Å². The Balaban J connectivity index is 2.02. The van der Waals surface area contributed by atoms with E-state index in [2.05, 4.69) is 39.6 Å². The second kappa shape index (κ2) is 5.32. The molecule has 0 radical (unpaired) electrons. The molecule has 1 aromatic carbocycles. The van der Waals surface area contributed by atoms with E-state index in [9.17, 15) is 0 Å². The first kappa shape index (κ1) is 12.0. The molecule has 0 saturated carbocycles. The molecule has 0 unspecified atom stereocenters. The van der Waals surface area contributed by atoms with Crippen LogP contribution in [-0.4, -0.2) is 21.7 Å². The minimum absolute atomic E-state index is 0.873. The summed E-state index contributed by atoms with van der Waals surface area (Å²) in [5.41, 5.74) is 2.07. The molecule has 0 saturated heterocycles. The van der Waals surface area contributed by atoms with E-state index >= 15 is 0 Å². The molecule has 3 aromatic rings. The van der Waals surface area contributed by atoms with Gasteiger partial charge in [0, 0.05) is 23.7 Å². The van der Waals surface area contributed by atoms with Crippen LogP contribution in [0, 0.1) is 0 Å². The molecule has 0 spiro atoms. The first-order chi connectivity index (χ1) is 9.38. The quantitative estimate of drug-likeness (QED) is 0.787. The van der Waals surface area contributed by atoms with E-state index < -0.39 is 0 Å². The van der Waals surface area contributed by atoms with Gasteiger partial charge in [0.2, 0.25) is 5.13 Å². The van der Waals surface area contributed by atoms with Crippen LogP contribution < -0.4 is 5.32 Å². The fourth-order valence-electron chi connectivity index (χ4n) is 1.93. The predicted octanol–water partition coefficient (Wildman–Crippen LogP) is 3.58. The number of fused-ring (bicyclic) bond motifs is 1. The van der Waals surface area contributed by atoms with E-state index in [4.69, 9.17) is 0 Å². The SMILES string of the molecule is CCCNc1nnc(-c2cccc3ncccc23)s1. The number of hydrogen-bond donors (Lipinski definition) is 1. The number of rotatable bonds is 4. The highest BCUT2D eigenvalue weighted by Crippen LogP contribution is 2.31. The average Bonchev–Trinajstić information content (AvgIpc) is 2.93. The smallest absolute Gasteiger partial charge is 0.206 e. The largest absolute Gasteiger partial charge is 0.360 e. The summed E-state index contributed by atoms with van der Waals surface area (Å²) in [5, 5.41) is 14.6. The Labute approximate surface area is 115 Å². The predicted molar refractivity (Wildman–Crippen MR) is 79.4 cm³/mol. The standard InChI is InChI=1S/C14H14N4S/c1-2-8-16-14-18-17-13(19-14)11-5-3-7-12-10(11)6-4-9-15-12/h3-7,9H,2,8H2,1H3,(H,16,18). The zero-order valence-corrected chi connectivity index (χ0v) is 11.4. The molecule has 5 heteroatoms. The highest BCUT2D eigenvalue weighted by atomic mass is 32.1. The number of anilines is 1. The highest BCUT2D eigenvalue weighted by molar-refractivity contribution is 7.18. The van der Waals surface area contributed by atoms with Crippen molar-refractivity contribution in [2.24, 2.45) is 0 Å². The van der Waals surface area contributed by atoms with Gasteiger partial charge in [0.05, 0.1) is 5.52 Å². The fourth-order valence-corrected chi connectivity index (χ4v) is 2.73. The Morgan fingerprint density at radius 2 is 2.11 bits per heavy atom. The Morgan fingerprint density at radius 1 is 1.16 bits per heavy atom. The Hall–Kier alpha value is -2.01. The average molecular weight is 270 g/mol. The number of pyridine rings is 1. The molecule has 0 amide bonds. The molecule has 2 aromatic heterocycles. The lowest BCUT2D eigenvalue weighted by atomic mass is 10.1. The van der Waals surface area contributed by atoms with E-state index in [-0.39, 0.29) is 0 Å². The lowest BCUT2D eigenvalue weighted by Crippen LogP contribution is -1.98. The van der Waals surface area contributed by atoms with Crippen molar-refractivity contribution >= 4 is 27.4 Å². The molecule has 96 valence electrons. The Bertz CT molecular complexity index is 687. The minimum Gasteiger partial charge on any atom is -0.360 e.